The maximum atomic E-state index is 5.48. The van der Waals surface area contributed by atoms with Crippen LogP contribution in [0, 0.1) is 5.41 Å². The monoisotopic (exact) mass is 215 g/mol. The smallest absolute Gasteiger partial charge is 0.0594 e. The van der Waals surface area contributed by atoms with Crippen LogP contribution in [0.2, 0.25) is 0 Å². The van der Waals surface area contributed by atoms with Crippen LogP contribution in [0.4, 0.5) is 0 Å². The molecule has 0 atom stereocenters. The molecule has 0 radical (unpaired) electrons. The maximum Gasteiger partial charge on any atom is 0.0594 e. The van der Waals surface area contributed by atoms with Crippen LogP contribution >= 0.6 is 0 Å². The molecule has 0 aliphatic carbocycles. The number of ether oxygens (including phenoxy) is 2. The van der Waals surface area contributed by atoms with Crippen LogP contribution in [0.3, 0.4) is 0 Å². The zero-order chi connectivity index (χ0) is 11.1. The molecule has 0 aromatic rings. The van der Waals surface area contributed by atoms with Gasteiger partial charge < -0.3 is 14.8 Å². The highest BCUT2D eigenvalue weighted by Gasteiger charge is 2.26. The Kier molecular flexibility index (Phi) is 5.58. The minimum absolute atomic E-state index is 0.338. The van der Waals surface area contributed by atoms with Crippen molar-refractivity contribution in [3.05, 3.63) is 0 Å². The van der Waals surface area contributed by atoms with E-state index in [0.29, 0.717) is 11.5 Å². The standard InChI is InChI=1S/C12H25NO2/c1-11(2)15-9-6-13-10-12(3)4-7-14-8-5-12/h11,13H,4-10H2,1-3H3. The third kappa shape index (κ3) is 5.50. The van der Waals surface area contributed by atoms with E-state index in [9.17, 15) is 0 Å². The summed E-state index contributed by atoms with van der Waals surface area (Å²) in [5.41, 5.74) is 0.427. The van der Waals surface area contributed by atoms with Gasteiger partial charge in [-0.15, -0.1) is 0 Å². The van der Waals surface area contributed by atoms with Crippen molar-refractivity contribution in [1.82, 2.24) is 5.32 Å². The number of hydrogen-bond donors (Lipinski definition) is 1. The summed E-state index contributed by atoms with van der Waals surface area (Å²) in [5, 5.41) is 3.47. The molecule has 15 heavy (non-hydrogen) atoms. The Bertz CT molecular complexity index is 165. The first-order valence-corrected chi connectivity index (χ1v) is 6.02. The Morgan fingerprint density at radius 1 is 1.33 bits per heavy atom. The van der Waals surface area contributed by atoms with Gasteiger partial charge in [-0.05, 0) is 32.1 Å². The average molecular weight is 215 g/mol. The van der Waals surface area contributed by atoms with Gasteiger partial charge in [0.15, 0.2) is 0 Å². The second-order valence-corrected chi connectivity index (χ2v) is 5.02. The minimum Gasteiger partial charge on any atom is -0.381 e. The molecule has 0 unspecified atom stereocenters. The van der Waals surface area contributed by atoms with Gasteiger partial charge in [0, 0.05) is 26.3 Å². The van der Waals surface area contributed by atoms with E-state index in [2.05, 4.69) is 26.1 Å². The summed E-state index contributed by atoms with van der Waals surface area (Å²) in [6, 6.07) is 0. The van der Waals surface area contributed by atoms with Gasteiger partial charge in [-0.3, -0.25) is 0 Å². The highest BCUT2D eigenvalue weighted by atomic mass is 16.5. The van der Waals surface area contributed by atoms with Crippen LogP contribution in [0.5, 0.6) is 0 Å². The van der Waals surface area contributed by atoms with Crippen molar-refractivity contribution in [3.8, 4) is 0 Å². The first-order chi connectivity index (χ1) is 7.12. The van der Waals surface area contributed by atoms with E-state index in [1.165, 1.54) is 12.8 Å². The number of hydrogen-bond acceptors (Lipinski definition) is 3. The van der Waals surface area contributed by atoms with Crippen molar-refractivity contribution in [2.75, 3.05) is 32.9 Å². The highest BCUT2D eigenvalue weighted by molar-refractivity contribution is 4.79. The topological polar surface area (TPSA) is 30.5 Å². The lowest BCUT2D eigenvalue weighted by atomic mass is 9.82. The largest absolute Gasteiger partial charge is 0.381 e. The van der Waals surface area contributed by atoms with Crippen molar-refractivity contribution >= 4 is 0 Å². The van der Waals surface area contributed by atoms with Gasteiger partial charge >= 0.3 is 0 Å². The first kappa shape index (κ1) is 12.9. The molecule has 3 heteroatoms. The lowest BCUT2D eigenvalue weighted by Gasteiger charge is -2.33. The maximum absolute atomic E-state index is 5.48. The lowest BCUT2D eigenvalue weighted by Crippen LogP contribution is -2.38. The summed E-state index contributed by atoms with van der Waals surface area (Å²) >= 11 is 0. The molecular weight excluding hydrogens is 190 g/mol. The molecule has 3 nitrogen and oxygen atoms in total. The number of rotatable bonds is 6. The molecule has 1 N–H and O–H groups in total. The molecule has 0 spiro atoms. The Hall–Kier alpha value is -0.120. The highest BCUT2D eigenvalue weighted by Crippen LogP contribution is 2.28. The molecule has 1 fully saturated rings. The molecule has 1 saturated heterocycles. The summed E-state index contributed by atoms with van der Waals surface area (Å²) in [7, 11) is 0. The van der Waals surface area contributed by atoms with Crippen LogP contribution in [-0.4, -0.2) is 39.0 Å². The second-order valence-electron chi connectivity index (χ2n) is 5.02. The van der Waals surface area contributed by atoms with Gasteiger partial charge in [-0.25, -0.2) is 0 Å². The molecule has 0 saturated carbocycles. The van der Waals surface area contributed by atoms with Gasteiger partial charge in [0.25, 0.3) is 0 Å². The lowest BCUT2D eigenvalue weighted by molar-refractivity contribution is 0.0221. The summed E-state index contributed by atoms with van der Waals surface area (Å²) < 4.78 is 10.8. The van der Waals surface area contributed by atoms with Gasteiger partial charge in [0.05, 0.1) is 12.7 Å². The molecule has 0 amide bonds. The normalized spacial score (nSPS) is 20.8. The fourth-order valence-electron chi connectivity index (χ4n) is 1.80. The van der Waals surface area contributed by atoms with Crippen LogP contribution in [0.1, 0.15) is 33.6 Å². The van der Waals surface area contributed by atoms with Crippen LogP contribution in [-0.2, 0) is 9.47 Å². The van der Waals surface area contributed by atoms with Crippen molar-refractivity contribution in [1.29, 1.82) is 0 Å². The van der Waals surface area contributed by atoms with E-state index in [1.54, 1.807) is 0 Å². The molecule has 1 heterocycles. The first-order valence-electron chi connectivity index (χ1n) is 6.02. The third-order valence-electron chi connectivity index (χ3n) is 2.98. The van der Waals surface area contributed by atoms with Crippen molar-refractivity contribution in [2.45, 2.75) is 39.7 Å². The van der Waals surface area contributed by atoms with Crippen molar-refractivity contribution in [3.63, 3.8) is 0 Å². The summed E-state index contributed by atoms with van der Waals surface area (Å²) in [5.74, 6) is 0. The summed E-state index contributed by atoms with van der Waals surface area (Å²) in [6.45, 7) is 11.2. The molecule has 0 aromatic heterocycles. The summed E-state index contributed by atoms with van der Waals surface area (Å²) in [4.78, 5) is 0. The van der Waals surface area contributed by atoms with E-state index in [1.807, 2.05) is 0 Å². The molecule has 0 aromatic carbocycles. The van der Waals surface area contributed by atoms with Gasteiger partial charge in [0.2, 0.25) is 0 Å². The minimum atomic E-state index is 0.338. The van der Waals surface area contributed by atoms with Crippen LogP contribution < -0.4 is 5.32 Å². The second kappa shape index (κ2) is 6.46. The van der Waals surface area contributed by atoms with E-state index in [-0.39, 0.29) is 0 Å². The zero-order valence-electron chi connectivity index (χ0n) is 10.3. The third-order valence-corrected chi connectivity index (χ3v) is 2.98. The fourth-order valence-corrected chi connectivity index (χ4v) is 1.80. The van der Waals surface area contributed by atoms with Gasteiger partial charge in [-0.2, -0.15) is 0 Å². The molecule has 1 aliphatic rings. The van der Waals surface area contributed by atoms with E-state index < -0.39 is 0 Å². The van der Waals surface area contributed by atoms with E-state index >= 15 is 0 Å². The Balaban J connectivity index is 2.03. The number of nitrogens with one attached hydrogen (secondary N) is 1. The zero-order valence-corrected chi connectivity index (χ0v) is 10.3. The predicted octanol–water partition coefficient (Wildman–Crippen LogP) is 1.82. The molecular formula is C12H25NO2. The van der Waals surface area contributed by atoms with Crippen molar-refractivity contribution in [2.24, 2.45) is 5.41 Å². The van der Waals surface area contributed by atoms with Gasteiger partial charge in [0.1, 0.15) is 0 Å². The van der Waals surface area contributed by atoms with E-state index in [0.717, 1.165) is 32.9 Å². The SMILES string of the molecule is CC(C)OCCNCC1(C)CCOCC1. The Morgan fingerprint density at radius 3 is 2.60 bits per heavy atom. The fraction of sp³-hybridized carbons (Fsp3) is 1.00. The van der Waals surface area contributed by atoms with Crippen LogP contribution in [0.15, 0.2) is 0 Å². The van der Waals surface area contributed by atoms with Crippen molar-refractivity contribution < 1.29 is 9.47 Å². The predicted molar refractivity (Wildman–Crippen MR) is 62.1 cm³/mol. The van der Waals surface area contributed by atoms with Crippen LogP contribution in [0.25, 0.3) is 0 Å². The molecule has 1 aliphatic heterocycles. The van der Waals surface area contributed by atoms with Gasteiger partial charge in [-0.1, -0.05) is 6.92 Å². The average Bonchev–Trinajstić information content (AvgIpc) is 2.17. The Morgan fingerprint density at radius 2 is 2.00 bits per heavy atom. The van der Waals surface area contributed by atoms with E-state index in [4.69, 9.17) is 9.47 Å². The quantitative estimate of drug-likeness (QED) is 0.686. The molecule has 90 valence electrons. The molecule has 1 rings (SSSR count). The molecule has 0 bridgehead atoms. The Labute approximate surface area is 93.5 Å². The summed E-state index contributed by atoms with van der Waals surface area (Å²) in [6.07, 6.45) is 2.68.